The average molecular weight is 432 g/mol. The first kappa shape index (κ1) is 24.2. The van der Waals surface area contributed by atoms with Gasteiger partial charge in [-0.05, 0) is 42.3 Å². The van der Waals surface area contributed by atoms with Crippen LogP contribution >= 0.6 is 0 Å². The predicted octanol–water partition coefficient (Wildman–Crippen LogP) is 5.01. The summed E-state index contributed by atoms with van der Waals surface area (Å²) in [6.45, 7) is 6.86. The number of ketones is 2. The quantitative estimate of drug-likeness (QED) is 0.235. The Labute approximate surface area is 185 Å². The minimum absolute atomic E-state index is 0.0493. The minimum atomic E-state index is -1.28. The van der Waals surface area contributed by atoms with Gasteiger partial charge in [-0.1, -0.05) is 60.7 Å². The third kappa shape index (κ3) is 6.47. The van der Waals surface area contributed by atoms with Gasteiger partial charge in [0.2, 0.25) is 0 Å². The van der Waals surface area contributed by atoms with Crippen LogP contribution in [0.3, 0.4) is 0 Å². The Kier molecular flexibility index (Phi) is 8.18. The van der Waals surface area contributed by atoms with Gasteiger partial charge in [-0.15, -0.1) is 0 Å². The molecule has 3 aromatic rings. The molecule has 0 aliphatic rings. The standard InChI is InChI=1S/C14H12O3.C12H12O3/c15-13(7-8-14(16)17)12-6-5-10-3-1-2-4-11(10)9-12;1-7-4-5-8(2)10(6-7)11(13)9(3)12(14)15/h1-6,9H,7-8H2,(H,16,17);4-6H,3H2,1-2H3,(H,14,15). The summed E-state index contributed by atoms with van der Waals surface area (Å²) < 4.78 is 0. The van der Waals surface area contributed by atoms with Crippen LogP contribution in [0.25, 0.3) is 10.8 Å². The molecule has 0 saturated heterocycles. The number of Topliss-reactive ketones (excluding diaryl/α,β-unsaturated/α-hetero) is 2. The Hall–Kier alpha value is -4.06. The van der Waals surface area contributed by atoms with E-state index in [2.05, 4.69) is 6.58 Å². The summed E-state index contributed by atoms with van der Waals surface area (Å²) in [5, 5.41) is 19.2. The van der Waals surface area contributed by atoms with Crippen LogP contribution in [0.5, 0.6) is 0 Å². The summed E-state index contributed by atoms with van der Waals surface area (Å²) in [5.41, 5.74) is 2.26. The van der Waals surface area contributed by atoms with Gasteiger partial charge < -0.3 is 10.2 Å². The Morgan fingerprint density at radius 2 is 1.47 bits per heavy atom. The highest BCUT2D eigenvalue weighted by atomic mass is 16.4. The smallest absolute Gasteiger partial charge is 0.339 e. The van der Waals surface area contributed by atoms with Crippen molar-refractivity contribution in [3.05, 3.63) is 95.1 Å². The first-order chi connectivity index (χ1) is 15.1. The van der Waals surface area contributed by atoms with E-state index in [9.17, 15) is 19.2 Å². The molecule has 3 rings (SSSR count). The monoisotopic (exact) mass is 432 g/mol. The molecular formula is C26H24O6. The second kappa shape index (κ2) is 10.8. The molecule has 0 aliphatic heterocycles. The summed E-state index contributed by atoms with van der Waals surface area (Å²) in [5.74, 6) is -2.87. The average Bonchev–Trinajstić information content (AvgIpc) is 2.78. The lowest BCUT2D eigenvalue weighted by Gasteiger charge is -2.05. The molecule has 0 unspecified atom stereocenters. The number of benzene rings is 3. The van der Waals surface area contributed by atoms with E-state index in [1.54, 1.807) is 31.2 Å². The van der Waals surface area contributed by atoms with Gasteiger partial charge in [0.25, 0.3) is 0 Å². The van der Waals surface area contributed by atoms with E-state index in [0.29, 0.717) is 11.1 Å². The number of hydrogen-bond acceptors (Lipinski definition) is 4. The van der Waals surface area contributed by atoms with Crippen molar-refractivity contribution < 1.29 is 29.4 Å². The van der Waals surface area contributed by atoms with Gasteiger partial charge in [-0.3, -0.25) is 14.4 Å². The van der Waals surface area contributed by atoms with Crippen LogP contribution in [0.1, 0.15) is 44.7 Å². The van der Waals surface area contributed by atoms with Gasteiger partial charge in [0.1, 0.15) is 5.57 Å². The van der Waals surface area contributed by atoms with E-state index in [1.807, 2.05) is 43.3 Å². The van der Waals surface area contributed by atoms with Crippen LogP contribution in [0.15, 0.2) is 72.8 Å². The minimum Gasteiger partial charge on any atom is -0.481 e. The fourth-order valence-electron chi connectivity index (χ4n) is 2.97. The van der Waals surface area contributed by atoms with Crippen LogP contribution in [-0.2, 0) is 9.59 Å². The Morgan fingerprint density at radius 3 is 2.09 bits per heavy atom. The Balaban J connectivity index is 0.000000229. The van der Waals surface area contributed by atoms with Crippen molar-refractivity contribution in [2.24, 2.45) is 0 Å². The summed E-state index contributed by atoms with van der Waals surface area (Å²) in [4.78, 5) is 44.4. The van der Waals surface area contributed by atoms with Gasteiger partial charge >= 0.3 is 11.9 Å². The first-order valence-electron chi connectivity index (χ1n) is 9.88. The van der Waals surface area contributed by atoms with Crippen molar-refractivity contribution in [2.45, 2.75) is 26.7 Å². The van der Waals surface area contributed by atoms with E-state index >= 15 is 0 Å². The molecule has 0 spiro atoms. The lowest BCUT2D eigenvalue weighted by atomic mass is 9.98. The van der Waals surface area contributed by atoms with Gasteiger partial charge in [0, 0.05) is 17.5 Å². The molecule has 0 bridgehead atoms. The number of carbonyl (C=O) groups excluding carboxylic acids is 2. The Bertz CT molecular complexity index is 1210. The van der Waals surface area contributed by atoms with Crippen LogP contribution in [0.4, 0.5) is 0 Å². The van der Waals surface area contributed by atoms with E-state index in [4.69, 9.17) is 10.2 Å². The highest BCUT2D eigenvalue weighted by molar-refractivity contribution is 6.23. The summed E-state index contributed by atoms with van der Waals surface area (Å²) in [7, 11) is 0. The second-order valence-electron chi connectivity index (χ2n) is 7.31. The maximum atomic E-state index is 11.7. The summed E-state index contributed by atoms with van der Waals surface area (Å²) in [6.07, 6.45) is -0.0701. The third-order valence-corrected chi connectivity index (χ3v) is 4.81. The molecule has 6 heteroatoms. The lowest BCUT2D eigenvalue weighted by Crippen LogP contribution is -2.12. The number of rotatable bonds is 7. The molecule has 164 valence electrons. The number of carboxylic acid groups (broad SMARTS) is 2. The van der Waals surface area contributed by atoms with E-state index in [1.165, 1.54) is 0 Å². The van der Waals surface area contributed by atoms with Crippen LogP contribution in [-0.4, -0.2) is 33.7 Å². The molecule has 0 heterocycles. The fourth-order valence-corrected chi connectivity index (χ4v) is 2.97. The van der Waals surface area contributed by atoms with Crippen molar-refractivity contribution >= 4 is 34.3 Å². The SMILES string of the molecule is C=C(C(=O)O)C(=O)c1cc(C)ccc1C.O=C(O)CCC(=O)c1ccc2ccccc2c1. The molecule has 2 N–H and O–H groups in total. The van der Waals surface area contributed by atoms with Gasteiger partial charge in [0.05, 0.1) is 6.42 Å². The van der Waals surface area contributed by atoms with E-state index in [-0.39, 0.29) is 18.6 Å². The zero-order valence-corrected chi connectivity index (χ0v) is 17.9. The first-order valence-corrected chi connectivity index (χ1v) is 9.88. The summed E-state index contributed by atoms with van der Waals surface area (Å²) in [6, 6.07) is 18.5. The maximum Gasteiger partial charge on any atom is 0.339 e. The number of carbonyl (C=O) groups is 4. The number of hydrogen-bond donors (Lipinski definition) is 2. The normalized spacial score (nSPS) is 10.1. The molecule has 0 fully saturated rings. The highest BCUT2D eigenvalue weighted by Crippen LogP contribution is 2.17. The zero-order valence-electron chi connectivity index (χ0n) is 17.9. The predicted molar refractivity (Wildman–Crippen MR) is 122 cm³/mol. The molecule has 0 aliphatic carbocycles. The molecule has 0 amide bonds. The van der Waals surface area contributed by atoms with Crippen LogP contribution in [0, 0.1) is 13.8 Å². The van der Waals surface area contributed by atoms with E-state index < -0.39 is 23.3 Å². The Morgan fingerprint density at radius 1 is 0.812 bits per heavy atom. The number of aryl methyl sites for hydroxylation is 2. The second-order valence-corrected chi connectivity index (χ2v) is 7.31. The summed E-state index contributed by atoms with van der Waals surface area (Å²) >= 11 is 0. The highest BCUT2D eigenvalue weighted by Gasteiger charge is 2.18. The fraction of sp³-hybridized carbons (Fsp3) is 0.154. The van der Waals surface area contributed by atoms with Crippen molar-refractivity contribution in [3.63, 3.8) is 0 Å². The topological polar surface area (TPSA) is 109 Å². The van der Waals surface area contributed by atoms with Gasteiger partial charge in [0.15, 0.2) is 11.6 Å². The molecule has 6 nitrogen and oxygen atoms in total. The molecule has 0 aromatic heterocycles. The van der Waals surface area contributed by atoms with Crippen molar-refractivity contribution in [1.29, 1.82) is 0 Å². The maximum absolute atomic E-state index is 11.7. The third-order valence-electron chi connectivity index (χ3n) is 4.81. The van der Waals surface area contributed by atoms with Crippen molar-refractivity contribution in [1.82, 2.24) is 0 Å². The zero-order chi connectivity index (χ0) is 23.8. The number of fused-ring (bicyclic) bond motifs is 1. The largest absolute Gasteiger partial charge is 0.481 e. The molecule has 3 aromatic carbocycles. The van der Waals surface area contributed by atoms with Gasteiger partial charge in [-0.2, -0.15) is 0 Å². The lowest BCUT2D eigenvalue weighted by molar-refractivity contribution is -0.137. The molecular weight excluding hydrogens is 408 g/mol. The van der Waals surface area contributed by atoms with E-state index in [0.717, 1.165) is 21.9 Å². The van der Waals surface area contributed by atoms with Crippen molar-refractivity contribution in [2.75, 3.05) is 0 Å². The van der Waals surface area contributed by atoms with Crippen LogP contribution in [0.2, 0.25) is 0 Å². The molecule has 32 heavy (non-hydrogen) atoms. The van der Waals surface area contributed by atoms with Crippen LogP contribution < -0.4 is 0 Å². The number of aliphatic carboxylic acids is 2. The van der Waals surface area contributed by atoms with Gasteiger partial charge in [-0.25, -0.2) is 4.79 Å². The molecule has 0 saturated carbocycles. The van der Waals surface area contributed by atoms with Crippen molar-refractivity contribution in [3.8, 4) is 0 Å². The number of carboxylic acids is 2. The molecule has 0 radical (unpaired) electrons. The molecule has 0 atom stereocenters.